The molecular formula is C5HF9O2. The van der Waals surface area contributed by atoms with Crippen LogP contribution in [-0.2, 0) is 9.53 Å². The van der Waals surface area contributed by atoms with E-state index in [4.69, 9.17) is 0 Å². The Morgan fingerprint density at radius 3 is 1.31 bits per heavy atom. The van der Waals surface area contributed by atoms with Gasteiger partial charge in [0.15, 0.2) is 0 Å². The summed E-state index contributed by atoms with van der Waals surface area (Å²) in [6.07, 6.45) is -23.1. The van der Waals surface area contributed by atoms with Crippen molar-refractivity contribution in [3.05, 3.63) is 0 Å². The lowest BCUT2D eigenvalue weighted by Gasteiger charge is -2.23. The Hall–Kier alpha value is -1.16. The number of alkyl halides is 9. The first-order valence-electron chi connectivity index (χ1n) is 3.17. The van der Waals surface area contributed by atoms with Gasteiger partial charge in [-0.25, -0.2) is 4.79 Å². The van der Waals surface area contributed by atoms with E-state index in [1.165, 1.54) is 0 Å². The Bertz CT molecular complexity index is 245. The van der Waals surface area contributed by atoms with Crippen LogP contribution in [0, 0.1) is 0 Å². The van der Waals surface area contributed by atoms with Crippen molar-refractivity contribution in [3.8, 4) is 0 Å². The van der Waals surface area contributed by atoms with E-state index in [1.54, 1.807) is 0 Å². The zero-order valence-electron chi connectivity index (χ0n) is 6.80. The van der Waals surface area contributed by atoms with E-state index in [-0.39, 0.29) is 0 Å². The molecular weight excluding hydrogens is 263 g/mol. The summed E-state index contributed by atoms with van der Waals surface area (Å²) in [5.41, 5.74) is 0. The standard InChI is InChI=1S/C5HF9O2/c6-3(7,8)1(4(9,10)11)16-2(15)5(12,13)14/h1H. The first-order valence-corrected chi connectivity index (χ1v) is 3.17. The van der Waals surface area contributed by atoms with Gasteiger partial charge in [-0.05, 0) is 0 Å². The van der Waals surface area contributed by atoms with Crippen LogP contribution in [0.2, 0.25) is 0 Å². The average molecular weight is 264 g/mol. The van der Waals surface area contributed by atoms with Crippen LogP contribution in [0.1, 0.15) is 0 Å². The molecule has 0 aliphatic heterocycles. The molecule has 2 nitrogen and oxygen atoms in total. The van der Waals surface area contributed by atoms with Gasteiger partial charge in [0.05, 0.1) is 0 Å². The summed E-state index contributed by atoms with van der Waals surface area (Å²) in [6, 6.07) is 0. The molecule has 0 aliphatic carbocycles. The summed E-state index contributed by atoms with van der Waals surface area (Å²) in [4.78, 5) is 9.82. The van der Waals surface area contributed by atoms with Crippen molar-refractivity contribution in [2.24, 2.45) is 0 Å². The number of ether oxygens (including phenoxy) is 1. The predicted molar refractivity (Wildman–Crippen MR) is 28.0 cm³/mol. The first-order chi connectivity index (χ1) is 6.76. The molecule has 0 saturated carbocycles. The molecule has 0 aromatic carbocycles. The summed E-state index contributed by atoms with van der Waals surface area (Å²) in [6.45, 7) is 0. The normalized spacial score (nSPS) is 14.1. The minimum Gasteiger partial charge on any atom is -0.436 e. The van der Waals surface area contributed by atoms with E-state index in [2.05, 4.69) is 4.74 Å². The van der Waals surface area contributed by atoms with Gasteiger partial charge in [-0.1, -0.05) is 0 Å². The topological polar surface area (TPSA) is 26.3 Å². The van der Waals surface area contributed by atoms with E-state index in [9.17, 15) is 44.3 Å². The minimum absolute atomic E-state index is 2.33. The van der Waals surface area contributed by atoms with E-state index >= 15 is 0 Å². The van der Waals surface area contributed by atoms with Gasteiger partial charge in [0.2, 0.25) is 0 Å². The largest absolute Gasteiger partial charge is 0.490 e. The second-order valence-electron chi connectivity index (χ2n) is 2.37. The molecule has 0 bridgehead atoms. The summed E-state index contributed by atoms with van der Waals surface area (Å²) in [5.74, 6) is -3.56. The van der Waals surface area contributed by atoms with Gasteiger partial charge < -0.3 is 4.74 Å². The van der Waals surface area contributed by atoms with E-state index < -0.39 is 30.6 Å². The van der Waals surface area contributed by atoms with Crippen LogP contribution in [0.15, 0.2) is 0 Å². The minimum atomic E-state index is -6.17. The van der Waals surface area contributed by atoms with Gasteiger partial charge in [0, 0.05) is 0 Å². The highest BCUT2D eigenvalue weighted by Crippen LogP contribution is 2.36. The summed E-state index contributed by atoms with van der Waals surface area (Å²) < 4.78 is 106. The third-order valence-corrected chi connectivity index (χ3v) is 1.05. The molecule has 0 spiro atoms. The van der Waals surface area contributed by atoms with Crippen molar-refractivity contribution in [2.75, 3.05) is 0 Å². The Labute approximate surface area is 81.0 Å². The lowest BCUT2D eigenvalue weighted by Crippen LogP contribution is -2.47. The predicted octanol–water partition coefficient (Wildman–Crippen LogP) is 2.59. The number of esters is 1. The zero-order chi connectivity index (χ0) is 13.4. The highest BCUT2D eigenvalue weighted by atomic mass is 19.4. The molecule has 0 fully saturated rings. The van der Waals surface area contributed by atoms with Crippen molar-refractivity contribution in [3.63, 3.8) is 0 Å². The van der Waals surface area contributed by atoms with Crippen LogP contribution < -0.4 is 0 Å². The van der Waals surface area contributed by atoms with E-state index in [0.717, 1.165) is 0 Å². The lowest BCUT2D eigenvalue weighted by atomic mass is 10.3. The van der Waals surface area contributed by atoms with Gasteiger partial charge in [0.25, 0.3) is 6.10 Å². The molecule has 0 aliphatic rings. The molecule has 0 N–H and O–H groups in total. The molecule has 0 amide bonds. The monoisotopic (exact) mass is 264 g/mol. The summed E-state index contributed by atoms with van der Waals surface area (Å²) in [5, 5.41) is 0. The fourth-order valence-corrected chi connectivity index (χ4v) is 0.493. The molecule has 0 aromatic heterocycles. The molecule has 0 saturated heterocycles. The lowest BCUT2D eigenvalue weighted by molar-refractivity contribution is -0.321. The number of carbonyl (C=O) groups is 1. The second kappa shape index (κ2) is 4.01. The third-order valence-electron chi connectivity index (χ3n) is 1.05. The third kappa shape index (κ3) is 4.14. The zero-order valence-corrected chi connectivity index (χ0v) is 6.80. The molecule has 0 unspecified atom stereocenters. The molecule has 0 radical (unpaired) electrons. The highest BCUT2D eigenvalue weighted by molar-refractivity contribution is 5.75. The van der Waals surface area contributed by atoms with Crippen molar-refractivity contribution in [1.82, 2.24) is 0 Å². The number of hydrogen-bond donors (Lipinski definition) is 0. The van der Waals surface area contributed by atoms with Crippen LogP contribution >= 0.6 is 0 Å². The van der Waals surface area contributed by atoms with E-state index in [0.29, 0.717) is 0 Å². The van der Waals surface area contributed by atoms with Crippen molar-refractivity contribution in [2.45, 2.75) is 24.6 Å². The Morgan fingerprint density at radius 1 is 0.812 bits per heavy atom. The Morgan fingerprint density at radius 2 is 1.12 bits per heavy atom. The second-order valence-corrected chi connectivity index (χ2v) is 2.37. The maximum atomic E-state index is 11.6. The van der Waals surface area contributed by atoms with Crippen molar-refractivity contribution in [1.29, 1.82) is 0 Å². The van der Waals surface area contributed by atoms with Crippen LogP contribution in [0.3, 0.4) is 0 Å². The number of hydrogen-bond acceptors (Lipinski definition) is 2. The Balaban J connectivity index is 4.93. The molecule has 0 aromatic rings. The maximum Gasteiger partial charge on any atom is 0.490 e. The van der Waals surface area contributed by atoms with Gasteiger partial charge in [-0.3, -0.25) is 0 Å². The molecule has 0 heterocycles. The first kappa shape index (κ1) is 14.8. The van der Waals surface area contributed by atoms with Gasteiger partial charge >= 0.3 is 24.5 Å². The number of rotatable bonds is 1. The summed E-state index contributed by atoms with van der Waals surface area (Å²) in [7, 11) is 0. The van der Waals surface area contributed by atoms with Crippen LogP contribution in [0.4, 0.5) is 39.5 Å². The Kier molecular flexibility index (Phi) is 3.72. The summed E-state index contributed by atoms with van der Waals surface area (Å²) >= 11 is 0. The van der Waals surface area contributed by atoms with Crippen molar-refractivity contribution < 1.29 is 49.0 Å². The molecule has 0 rings (SSSR count). The highest BCUT2D eigenvalue weighted by Gasteiger charge is 2.61. The molecule has 11 heteroatoms. The van der Waals surface area contributed by atoms with E-state index in [1.807, 2.05) is 0 Å². The number of halogens is 9. The van der Waals surface area contributed by atoms with Crippen molar-refractivity contribution >= 4 is 5.97 Å². The fraction of sp³-hybridized carbons (Fsp3) is 0.800. The van der Waals surface area contributed by atoms with Gasteiger partial charge in [-0.2, -0.15) is 39.5 Å². The van der Waals surface area contributed by atoms with Crippen LogP contribution in [0.25, 0.3) is 0 Å². The van der Waals surface area contributed by atoms with Gasteiger partial charge in [-0.15, -0.1) is 0 Å². The van der Waals surface area contributed by atoms with Crippen LogP contribution in [-0.4, -0.2) is 30.6 Å². The fourth-order valence-electron chi connectivity index (χ4n) is 0.493. The molecule has 16 heavy (non-hydrogen) atoms. The molecule has 96 valence electrons. The quantitative estimate of drug-likeness (QED) is 0.537. The molecule has 0 atom stereocenters. The smallest absolute Gasteiger partial charge is 0.436 e. The average Bonchev–Trinajstić information content (AvgIpc) is 1.92. The van der Waals surface area contributed by atoms with Gasteiger partial charge in [0.1, 0.15) is 0 Å². The van der Waals surface area contributed by atoms with Crippen LogP contribution in [0.5, 0.6) is 0 Å². The SMILES string of the molecule is O=C(OC(C(F)(F)F)C(F)(F)F)C(F)(F)F. The number of carbonyl (C=O) groups excluding carboxylic acids is 1. The maximum absolute atomic E-state index is 11.6.